The van der Waals surface area contributed by atoms with E-state index in [0.717, 1.165) is 5.56 Å². The third kappa shape index (κ3) is 3.20. The molecule has 1 aromatic carbocycles. The molecule has 2 aromatic rings. The second-order valence-corrected chi connectivity index (χ2v) is 4.20. The van der Waals surface area contributed by atoms with Crippen LogP contribution in [0.15, 0.2) is 43.2 Å². The van der Waals surface area contributed by atoms with Crippen LogP contribution in [-0.4, -0.2) is 25.1 Å². The second-order valence-electron chi connectivity index (χ2n) is 4.20. The Labute approximate surface area is 123 Å². The minimum absolute atomic E-state index is 0.308. The molecule has 5 heteroatoms. The summed E-state index contributed by atoms with van der Waals surface area (Å²) in [5.74, 6) is 0.390. The lowest BCUT2D eigenvalue weighted by atomic mass is 10.2. The predicted molar refractivity (Wildman–Crippen MR) is 81.8 cm³/mol. The zero-order chi connectivity index (χ0) is 15.2. The number of aromatic nitrogens is 1. The van der Waals surface area contributed by atoms with Crippen molar-refractivity contribution in [3.05, 3.63) is 54.4 Å². The molecule has 0 saturated carbocycles. The molecular formula is C16H16N2O3. The Balaban J connectivity index is 2.29. The molecule has 1 aromatic heterocycles. The van der Waals surface area contributed by atoms with E-state index in [4.69, 9.17) is 9.47 Å². The van der Waals surface area contributed by atoms with Crippen molar-refractivity contribution >= 4 is 17.7 Å². The highest BCUT2D eigenvalue weighted by Crippen LogP contribution is 2.27. The number of benzene rings is 1. The van der Waals surface area contributed by atoms with Crippen LogP contribution in [0.4, 0.5) is 5.69 Å². The van der Waals surface area contributed by atoms with E-state index in [-0.39, 0.29) is 5.91 Å². The van der Waals surface area contributed by atoms with Gasteiger partial charge in [-0.15, -0.1) is 0 Å². The Morgan fingerprint density at radius 2 is 1.71 bits per heavy atom. The quantitative estimate of drug-likeness (QED) is 0.917. The minimum atomic E-state index is -0.322. The number of amides is 1. The van der Waals surface area contributed by atoms with E-state index in [1.165, 1.54) is 26.6 Å². The molecule has 5 nitrogen and oxygen atoms in total. The van der Waals surface area contributed by atoms with Gasteiger partial charge in [-0.3, -0.25) is 9.78 Å². The molecule has 2 rings (SSSR count). The molecule has 21 heavy (non-hydrogen) atoms. The first kappa shape index (κ1) is 14.6. The van der Waals surface area contributed by atoms with E-state index >= 15 is 0 Å². The maximum Gasteiger partial charge on any atom is 0.263 e. The van der Waals surface area contributed by atoms with Gasteiger partial charge in [0.05, 0.1) is 26.6 Å². The monoisotopic (exact) mass is 284 g/mol. The molecule has 0 radical (unpaired) electrons. The number of pyridine rings is 1. The lowest BCUT2D eigenvalue weighted by Crippen LogP contribution is -2.14. The summed E-state index contributed by atoms with van der Waals surface area (Å²) in [6.07, 6.45) is 4.68. The summed E-state index contributed by atoms with van der Waals surface area (Å²) in [4.78, 5) is 16.4. The van der Waals surface area contributed by atoms with Crippen LogP contribution >= 0.6 is 0 Å². The average Bonchev–Trinajstić information content (AvgIpc) is 2.54. The number of nitrogens with zero attached hydrogens (tertiary/aromatic N) is 1. The predicted octanol–water partition coefficient (Wildman–Crippen LogP) is 2.99. The topological polar surface area (TPSA) is 60.5 Å². The van der Waals surface area contributed by atoms with Crippen molar-refractivity contribution in [2.75, 3.05) is 19.5 Å². The van der Waals surface area contributed by atoms with Crippen LogP contribution in [0.5, 0.6) is 11.5 Å². The summed E-state index contributed by atoms with van der Waals surface area (Å²) in [7, 11) is 2.96. The van der Waals surface area contributed by atoms with Crippen LogP contribution in [0.1, 0.15) is 15.9 Å². The Hall–Kier alpha value is -2.82. The lowest BCUT2D eigenvalue weighted by molar-refractivity contribution is 0.102. The number of hydrogen-bond acceptors (Lipinski definition) is 4. The summed E-state index contributed by atoms with van der Waals surface area (Å²) >= 11 is 0. The summed E-state index contributed by atoms with van der Waals surface area (Å²) in [6, 6.07) is 7.33. The van der Waals surface area contributed by atoms with E-state index in [1.54, 1.807) is 18.2 Å². The number of carbonyl (C=O) groups is 1. The molecule has 108 valence electrons. The van der Waals surface area contributed by atoms with E-state index in [9.17, 15) is 4.79 Å². The number of nitrogens with one attached hydrogen (secondary N) is 1. The standard InChI is InChI=1S/C16H16N2O3/c1-4-11-5-7-12(8-6-11)18-16(19)15-13(20-2)9-17-10-14(15)21-3/h4-10H,1H2,2-3H3,(H,18,19). The van der Waals surface area contributed by atoms with Gasteiger partial charge in [-0.25, -0.2) is 0 Å². The number of carbonyl (C=O) groups excluding carboxylic acids is 1. The molecule has 0 unspecified atom stereocenters. The summed E-state index contributed by atoms with van der Waals surface area (Å²) in [5, 5.41) is 2.80. The first-order chi connectivity index (χ1) is 10.2. The Kier molecular flexibility index (Phi) is 4.56. The molecule has 1 heterocycles. The highest BCUT2D eigenvalue weighted by Gasteiger charge is 2.18. The second kappa shape index (κ2) is 6.56. The number of methoxy groups -OCH3 is 2. The van der Waals surface area contributed by atoms with Crippen molar-refractivity contribution in [3.8, 4) is 11.5 Å². The van der Waals surface area contributed by atoms with Gasteiger partial charge in [0, 0.05) is 5.69 Å². The van der Waals surface area contributed by atoms with Crippen LogP contribution in [0.2, 0.25) is 0 Å². The minimum Gasteiger partial charge on any atom is -0.494 e. The number of hydrogen-bond donors (Lipinski definition) is 1. The van der Waals surface area contributed by atoms with Crippen molar-refractivity contribution in [1.82, 2.24) is 4.98 Å². The van der Waals surface area contributed by atoms with Crippen molar-refractivity contribution < 1.29 is 14.3 Å². The fraction of sp³-hybridized carbons (Fsp3) is 0.125. The molecule has 1 N–H and O–H groups in total. The van der Waals surface area contributed by atoms with Crippen molar-refractivity contribution in [3.63, 3.8) is 0 Å². The van der Waals surface area contributed by atoms with Gasteiger partial charge in [-0.1, -0.05) is 24.8 Å². The highest BCUT2D eigenvalue weighted by molar-refractivity contribution is 6.08. The molecule has 0 aliphatic rings. The summed E-state index contributed by atoms with van der Waals surface area (Å²) < 4.78 is 10.3. The lowest BCUT2D eigenvalue weighted by Gasteiger charge is -2.12. The third-order valence-corrected chi connectivity index (χ3v) is 2.95. The van der Waals surface area contributed by atoms with Gasteiger partial charge in [0.1, 0.15) is 5.56 Å². The van der Waals surface area contributed by atoms with Crippen LogP contribution in [0.25, 0.3) is 6.08 Å². The summed E-state index contributed by atoms with van der Waals surface area (Å²) in [5.41, 5.74) is 1.96. The van der Waals surface area contributed by atoms with Gasteiger partial charge in [-0.2, -0.15) is 0 Å². The van der Waals surface area contributed by atoms with Gasteiger partial charge >= 0.3 is 0 Å². The molecule has 0 bridgehead atoms. The van der Waals surface area contributed by atoms with Crippen LogP contribution in [0, 0.1) is 0 Å². The van der Waals surface area contributed by atoms with Crippen molar-refractivity contribution in [2.24, 2.45) is 0 Å². The number of ether oxygens (including phenoxy) is 2. The summed E-state index contributed by atoms with van der Waals surface area (Å²) in [6.45, 7) is 3.69. The van der Waals surface area contributed by atoms with E-state index in [0.29, 0.717) is 22.7 Å². The van der Waals surface area contributed by atoms with Crippen LogP contribution < -0.4 is 14.8 Å². The van der Waals surface area contributed by atoms with Gasteiger partial charge in [0.2, 0.25) is 0 Å². The fourth-order valence-corrected chi connectivity index (χ4v) is 1.85. The Morgan fingerprint density at radius 1 is 1.14 bits per heavy atom. The third-order valence-electron chi connectivity index (χ3n) is 2.95. The van der Waals surface area contributed by atoms with Crippen molar-refractivity contribution in [1.29, 1.82) is 0 Å². The molecule has 0 spiro atoms. The van der Waals surface area contributed by atoms with Gasteiger partial charge in [0.25, 0.3) is 5.91 Å². The van der Waals surface area contributed by atoms with E-state index in [2.05, 4.69) is 16.9 Å². The number of rotatable bonds is 5. The van der Waals surface area contributed by atoms with E-state index < -0.39 is 0 Å². The van der Waals surface area contributed by atoms with Gasteiger partial charge in [-0.05, 0) is 17.7 Å². The largest absolute Gasteiger partial charge is 0.494 e. The zero-order valence-corrected chi connectivity index (χ0v) is 11.9. The zero-order valence-electron chi connectivity index (χ0n) is 11.9. The highest BCUT2D eigenvalue weighted by atomic mass is 16.5. The molecule has 0 saturated heterocycles. The molecule has 0 aliphatic carbocycles. The number of anilines is 1. The van der Waals surface area contributed by atoms with Gasteiger partial charge in [0.15, 0.2) is 11.5 Å². The molecular weight excluding hydrogens is 268 g/mol. The molecule has 1 amide bonds. The van der Waals surface area contributed by atoms with Crippen LogP contribution in [-0.2, 0) is 0 Å². The first-order valence-corrected chi connectivity index (χ1v) is 6.29. The Bertz CT molecular complexity index is 629. The maximum absolute atomic E-state index is 12.4. The first-order valence-electron chi connectivity index (χ1n) is 6.29. The molecule has 0 aliphatic heterocycles. The average molecular weight is 284 g/mol. The molecule has 0 atom stereocenters. The fourth-order valence-electron chi connectivity index (χ4n) is 1.85. The smallest absolute Gasteiger partial charge is 0.263 e. The SMILES string of the molecule is C=Cc1ccc(NC(=O)c2c(OC)cncc2OC)cc1. The van der Waals surface area contributed by atoms with Crippen LogP contribution in [0.3, 0.4) is 0 Å². The maximum atomic E-state index is 12.4. The van der Waals surface area contributed by atoms with E-state index in [1.807, 2.05) is 12.1 Å². The normalized spacial score (nSPS) is 9.81. The van der Waals surface area contributed by atoms with Crippen molar-refractivity contribution in [2.45, 2.75) is 0 Å². The molecule has 0 fully saturated rings. The van der Waals surface area contributed by atoms with Gasteiger partial charge < -0.3 is 14.8 Å². The Morgan fingerprint density at radius 3 is 2.19 bits per heavy atom.